The Labute approximate surface area is 178 Å². The van der Waals surface area contributed by atoms with Gasteiger partial charge in [0, 0.05) is 17.6 Å². The number of hydrogen-bond donors (Lipinski definition) is 0. The van der Waals surface area contributed by atoms with Gasteiger partial charge in [0.05, 0.1) is 24.3 Å². The summed E-state index contributed by atoms with van der Waals surface area (Å²) in [5, 5.41) is 4.34. The molecule has 2 amide bonds. The van der Waals surface area contributed by atoms with Gasteiger partial charge in [0.2, 0.25) is 5.91 Å². The summed E-state index contributed by atoms with van der Waals surface area (Å²) in [5.74, 6) is 0.0895. The zero-order valence-corrected chi connectivity index (χ0v) is 17.7. The number of nitrogens with zero attached hydrogens (tertiary/aromatic N) is 3. The van der Waals surface area contributed by atoms with E-state index in [4.69, 9.17) is 4.74 Å². The minimum atomic E-state index is -0.426. The number of fused-ring (bicyclic) bond motifs is 3. The molecule has 2 aromatic carbocycles. The number of hydrazine groups is 1. The number of benzene rings is 2. The fraction of sp³-hybridized carbons (Fsp3) is 0.364. The minimum absolute atomic E-state index is 0.111. The monoisotopic (exact) mass is 455 g/mol. The second kappa shape index (κ2) is 7.23. The van der Waals surface area contributed by atoms with Gasteiger partial charge in [-0.05, 0) is 55.3 Å². The van der Waals surface area contributed by atoms with Crippen LogP contribution in [0.2, 0.25) is 0 Å². The molecule has 3 atom stereocenters. The van der Waals surface area contributed by atoms with Crippen LogP contribution in [0, 0.1) is 5.92 Å². The second-order valence-electron chi connectivity index (χ2n) is 7.59. The summed E-state index contributed by atoms with van der Waals surface area (Å²) in [6.07, 6.45) is 1.00. The molecule has 5 rings (SSSR count). The van der Waals surface area contributed by atoms with Gasteiger partial charge in [0.1, 0.15) is 11.8 Å². The SMILES string of the molecule is CCOc1ccc(N2C(=O)[C@H]3[C@@H](c4ccc(Br)cc4)N4CCCN4[C@H]3C2=O)cc1. The van der Waals surface area contributed by atoms with Crippen LogP contribution in [0.5, 0.6) is 5.75 Å². The molecule has 0 N–H and O–H groups in total. The number of rotatable bonds is 4. The molecular weight excluding hydrogens is 434 g/mol. The smallest absolute Gasteiger partial charge is 0.253 e. The van der Waals surface area contributed by atoms with Crippen LogP contribution in [0.1, 0.15) is 24.9 Å². The number of carbonyl (C=O) groups excluding carboxylic acids is 2. The molecule has 3 aliphatic heterocycles. The lowest BCUT2D eigenvalue weighted by atomic mass is 9.90. The fourth-order valence-corrected chi connectivity index (χ4v) is 5.15. The maximum Gasteiger partial charge on any atom is 0.253 e. The van der Waals surface area contributed by atoms with Crippen molar-refractivity contribution in [1.29, 1.82) is 0 Å². The molecule has 0 aromatic heterocycles. The van der Waals surface area contributed by atoms with Gasteiger partial charge in [-0.3, -0.25) is 9.59 Å². The van der Waals surface area contributed by atoms with Crippen LogP contribution in [0.3, 0.4) is 0 Å². The zero-order chi connectivity index (χ0) is 20.1. The number of amides is 2. The number of ether oxygens (including phenoxy) is 1. The summed E-state index contributed by atoms with van der Waals surface area (Å²) >= 11 is 3.48. The minimum Gasteiger partial charge on any atom is -0.494 e. The van der Waals surface area contributed by atoms with Crippen molar-refractivity contribution in [2.75, 3.05) is 24.6 Å². The van der Waals surface area contributed by atoms with Crippen LogP contribution in [0.25, 0.3) is 0 Å². The van der Waals surface area contributed by atoms with Crippen LogP contribution in [-0.2, 0) is 9.59 Å². The summed E-state index contributed by atoms with van der Waals surface area (Å²) in [6.45, 7) is 4.18. The van der Waals surface area contributed by atoms with E-state index in [1.807, 2.05) is 43.3 Å². The highest BCUT2D eigenvalue weighted by molar-refractivity contribution is 9.10. The highest BCUT2D eigenvalue weighted by Crippen LogP contribution is 2.49. The molecule has 0 aliphatic carbocycles. The van der Waals surface area contributed by atoms with Crippen LogP contribution < -0.4 is 9.64 Å². The number of halogens is 1. The molecule has 29 heavy (non-hydrogen) atoms. The Bertz CT molecular complexity index is 947. The van der Waals surface area contributed by atoms with Gasteiger partial charge in [-0.1, -0.05) is 28.1 Å². The predicted molar refractivity (Wildman–Crippen MR) is 112 cm³/mol. The van der Waals surface area contributed by atoms with Gasteiger partial charge >= 0.3 is 0 Å². The Morgan fingerprint density at radius 2 is 1.59 bits per heavy atom. The second-order valence-corrected chi connectivity index (χ2v) is 8.50. The summed E-state index contributed by atoms with van der Waals surface area (Å²) in [7, 11) is 0. The molecule has 0 saturated carbocycles. The standard InChI is InChI=1S/C22H22BrN3O3/c1-2-29-17-10-8-16(9-11-17)26-21(27)18-19(14-4-6-15(23)7-5-14)24-12-3-13-25(24)20(18)22(26)28/h4-11,18-20H,2-3,12-13H2,1H3/t18-,19+,20+/m0/s1. The van der Waals surface area contributed by atoms with E-state index in [2.05, 4.69) is 25.9 Å². The van der Waals surface area contributed by atoms with Crippen molar-refractivity contribution < 1.29 is 14.3 Å². The molecule has 0 spiro atoms. The van der Waals surface area contributed by atoms with E-state index in [1.165, 1.54) is 4.90 Å². The first kappa shape index (κ1) is 18.8. The lowest BCUT2D eigenvalue weighted by molar-refractivity contribution is -0.126. The molecule has 3 heterocycles. The first-order valence-corrected chi connectivity index (χ1v) is 10.8. The van der Waals surface area contributed by atoms with Crippen LogP contribution >= 0.6 is 15.9 Å². The number of hydrogen-bond acceptors (Lipinski definition) is 5. The molecule has 0 radical (unpaired) electrons. The van der Waals surface area contributed by atoms with Crippen LogP contribution in [0.15, 0.2) is 53.0 Å². The molecule has 6 nitrogen and oxygen atoms in total. The van der Waals surface area contributed by atoms with Gasteiger partial charge in [-0.15, -0.1) is 0 Å². The van der Waals surface area contributed by atoms with Gasteiger partial charge in [-0.2, -0.15) is 0 Å². The van der Waals surface area contributed by atoms with E-state index in [-0.39, 0.29) is 17.9 Å². The van der Waals surface area contributed by atoms with Crippen LogP contribution in [0.4, 0.5) is 5.69 Å². The Kier molecular flexibility index (Phi) is 4.69. The quantitative estimate of drug-likeness (QED) is 0.661. The molecule has 150 valence electrons. The van der Waals surface area contributed by atoms with E-state index in [0.29, 0.717) is 12.3 Å². The number of anilines is 1. The Hall–Kier alpha value is -2.22. The average molecular weight is 456 g/mol. The summed E-state index contributed by atoms with van der Waals surface area (Å²) in [6, 6.07) is 14.7. The first-order chi connectivity index (χ1) is 14.1. The van der Waals surface area contributed by atoms with E-state index < -0.39 is 12.0 Å². The Morgan fingerprint density at radius 1 is 0.931 bits per heavy atom. The number of imide groups is 1. The van der Waals surface area contributed by atoms with Gasteiger partial charge in [0.25, 0.3) is 5.91 Å². The maximum atomic E-state index is 13.5. The number of carbonyl (C=O) groups is 2. The van der Waals surface area contributed by atoms with Gasteiger partial charge < -0.3 is 4.74 Å². The fourth-order valence-electron chi connectivity index (χ4n) is 4.89. The van der Waals surface area contributed by atoms with Crippen molar-refractivity contribution >= 4 is 33.4 Å². The zero-order valence-electron chi connectivity index (χ0n) is 16.1. The molecule has 3 aliphatic rings. The van der Waals surface area contributed by atoms with Crippen molar-refractivity contribution in [2.24, 2.45) is 5.92 Å². The predicted octanol–water partition coefficient (Wildman–Crippen LogP) is 3.38. The van der Waals surface area contributed by atoms with Crippen molar-refractivity contribution in [2.45, 2.75) is 25.4 Å². The highest BCUT2D eigenvalue weighted by atomic mass is 79.9. The van der Waals surface area contributed by atoms with Crippen molar-refractivity contribution in [3.63, 3.8) is 0 Å². The van der Waals surface area contributed by atoms with E-state index in [1.54, 1.807) is 12.1 Å². The molecule has 0 bridgehead atoms. The maximum absolute atomic E-state index is 13.5. The van der Waals surface area contributed by atoms with E-state index in [9.17, 15) is 9.59 Å². The topological polar surface area (TPSA) is 53.1 Å². The van der Waals surface area contributed by atoms with E-state index >= 15 is 0 Å². The molecule has 3 fully saturated rings. The van der Waals surface area contributed by atoms with Crippen molar-refractivity contribution in [3.05, 3.63) is 58.6 Å². The first-order valence-electron chi connectivity index (χ1n) is 9.99. The Morgan fingerprint density at radius 3 is 2.24 bits per heavy atom. The summed E-state index contributed by atoms with van der Waals surface area (Å²) < 4.78 is 6.48. The third-order valence-electron chi connectivity index (χ3n) is 6.02. The largest absolute Gasteiger partial charge is 0.494 e. The normalized spacial score (nSPS) is 26.8. The molecule has 2 aromatic rings. The lowest BCUT2D eigenvalue weighted by Gasteiger charge is -2.29. The third-order valence-corrected chi connectivity index (χ3v) is 6.55. The summed E-state index contributed by atoms with van der Waals surface area (Å²) in [4.78, 5) is 28.2. The molecule has 3 saturated heterocycles. The van der Waals surface area contributed by atoms with Crippen LogP contribution in [-0.4, -0.2) is 47.6 Å². The van der Waals surface area contributed by atoms with Crippen molar-refractivity contribution in [3.8, 4) is 5.75 Å². The highest BCUT2D eigenvalue weighted by Gasteiger charge is 2.62. The van der Waals surface area contributed by atoms with Crippen molar-refractivity contribution in [1.82, 2.24) is 10.0 Å². The Balaban J connectivity index is 1.51. The third kappa shape index (κ3) is 2.91. The van der Waals surface area contributed by atoms with Gasteiger partial charge in [-0.25, -0.2) is 14.9 Å². The molecular formula is C22H22BrN3O3. The molecule has 7 heteroatoms. The molecule has 0 unspecified atom stereocenters. The summed E-state index contributed by atoms with van der Waals surface area (Å²) in [5.41, 5.74) is 1.68. The van der Waals surface area contributed by atoms with E-state index in [0.717, 1.165) is 35.3 Å². The van der Waals surface area contributed by atoms with Gasteiger partial charge in [0.15, 0.2) is 0 Å². The lowest BCUT2D eigenvalue weighted by Crippen LogP contribution is -2.44. The average Bonchev–Trinajstić information content (AvgIpc) is 3.36.